The molecule has 92 valence electrons. The smallest absolute Gasteiger partial charge is 0.173 e. The van der Waals surface area contributed by atoms with Crippen molar-refractivity contribution in [2.75, 3.05) is 5.75 Å². The SMILES string of the molecule is O=C(CSc1ccccc1O)c1cccc(Br)c1. The molecule has 0 aromatic heterocycles. The maximum atomic E-state index is 12.0. The standard InChI is InChI=1S/C14H11BrO2S/c15-11-5-3-4-10(8-11)13(17)9-18-14-7-2-1-6-12(14)16/h1-8,16H,9H2. The first kappa shape index (κ1) is 13.2. The lowest BCUT2D eigenvalue weighted by Crippen LogP contribution is -2.01. The number of hydrogen-bond donors (Lipinski definition) is 1. The summed E-state index contributed by atoms with van der Waals surface area (Å²) in [6, 6.07) is 14.3. The van der Waals surface area contributed by atoms with E-state index in [1.165, 1.54) is 11.8 Å². The number of phenols is 1. The van der Waals surface area contributed by atoms with Gasteiger partial charge >= 0.3 is 0 Å². The minimum absolute atomic E-state index is 0.0459. The summed E-state index contributed by atoms with van der Waals surface area (Å²) in [6.45, 7) is 0. The fraction of sp³-hybridized carbons (Fsp3) is 0.0714. The number of aromatic hydroxyl groups is 1. The van der Waals surface area contributed by atoms with Crippen molar-refractivity contribution in [1.29, 1.82) is 0 Å². The van der Waals surface area contributed by atoms with Crippen LogP contribution < -0.4 is 0 Å². The van der Waals surface area contributed by atoms with Crippen molar-refractivity contribution in [3.8, 4) is 5.75 Å². The molecule has 18 heavy (non-hydrogen) atoms. The van der Waals surface area contributed by atoms with Gasteiger partial charge in [-0.2, -0.15) is 0 Å². The Morgan fingerprint density at radius 1 is 1.17 bits per heavy atom. The first-order valence-electron chi connectivity index (χ1n) is 5.36. The van der Waals surface area contributed by atoms with Crippen molar-refractivity contribution >= 4 is 33.5 Å². The van der Waals surface area contributed by atoms with Crippen LogP contribution in [0.3, 0.4) is 0 Å². The molecule has 0 aliphatic rings. The van der Waals surface area contributed by atoms with Gasteiger partial charge in [0.05, 0.1) is 5.75 Å². The molecule has 0 heterocycles. The van der Waals surface area contributed by atoms with E-state index in [9.17, 15) is 9.90 Å². The van der Waals surface area contributed by atoms with Gasteiger partial charge < -0.3 is 5.11 Å². The molecular formula is C14H11BrO2S. The Hall–Kier alpha value is -1.26. The summed E-state index contributed by atoms with van der Waals surface area (Å²) >= 11 is 4.68. The van der Waals surface area contributed by atoms with Crippen LogP contribution in [0.25, 0.3) is 0 Å². The summed E-state index contributed by atoms with van der Waals surface area (Å²) in [7, 11) is 0. The monoisotopic (exact) mass is 322 g/mol. The maximum absolute atomic E-state index is 12.0. The Bertz CT molecular complexity index is 569. The van der Waals surface area contributed by atoms with Gasteiger partial charge in [0, 0.05) is 14.9 Å². The highest BCUT2D eigenvalue weighted by atomic mass is 79.9. The quantitative estimate of drug-likeness (QED) is 0.679. The lowest BCUT2D eigenvalue weighted by atomic mass is 10.2. The molecule has 2 nitrogen and oxygen atoms in total. The van der Waals surface area contributed by atoms with Gasteiger partial charge in [-0.25, -0.2) is 0 Å². The van der Waals surface area contributed by atoms with E-state index >= 15 is 0 Å². The third-order valence-corrected chi connectivity index (χ3v) is 3.93. The average Bonchev–Trinajstić information content (AvgIpc) is 2.37. The van der Waals surface area contributed by atoms with E-state index in [2.05, 4.69) is 15.9 Å². The summed E-state index contributed by atoms with van der Waals surface area (Å²) in [5.74, 6) is 0.572. The number of ketones is 1. The number of para-hydroxylation sites is 1. The Morgan fingerprint density at radius 2 is 1.94 bits per heavy atom. The zero-order valence-electron chi connectivity index (χ0n) is 9.47. The Morgan fingerprint density at radius 3 is 2.67 bits per heavy atom. The van der Waals surface area contributed by atoms with Crippen LogP contribution in [0, 0.1) is 0 Å². The van der Waals surface area contributed by atoms with Gasteiger partial charge in [-0.1, -0.05) is 40.2 Å². The number of hydrogen-bond acceptors (Lipinski definition) is 3. The van der Waals surface area contributed by atoms with Gasteiger partial charge in [0.1, 0.15) is 5.75 Å². The van der Waals surface area contributed by atoms with E-state index in [0.717, 1.165) is 9.37 Å². The molecule has 2 rings (SSSR count). The van der Waals surface area contributed by atoms with Gasteiger partial charge in [-0.3, -0.25) is 4.79 Å². The van der Waals surface area contributed by atoms with Crippen molar-refractivity contribution in [1.82, 2.24) is 0 Å². The first-order chi connectivity index (χ1) is 8.66. The van der Waals surface area contributed by atoms with E-state index in [-0.39, 0.29) is 11.5 Å². The summed E-state index contributed by atoms with van der Waals surface area (Å²) in [5.41, 5.74) is 0.673. The fourth-order valence-corrected chi connectivity index (χ4v) is 2.71. The highest BCUT2D eigenvalue weighted by Gasteiger charge is 2.08. The van der Waals surface area contributed by atoms with Crippen molar-refractivity contribution in [3.05, 3.63) is 58.6 Å². The molecule has 0 saturated heterocycles. The van der Waals surface area contributed by atoms with Gasteiger partial charge in [0.2, 0.25) is 0 Å². The van der Waals surface area contributed by atoms with Crippen molar-refractivity contribution in [3.63, 3.8) is 0 Å². The van der Waals surface area contributed by atoms with E-state index in [0.29, 0.717) is 11.3 Å². The molecule has 0 bridgehead atoms. The van der Waals surface area contributed by atoms with Crippen LogP contribution in [0.15, 0.2) is 57.9 Å². The van der Waals surface area contributed by atoms with Gasteiger partial charge in [0.15, 0.2) is 5.78 Å². The first-order valence-corrected chi connectivity index (χ1v) is 7.14. The molecule has 0 fully saturated rings. The second-order valence-electron chi connectivity index (χ2n) is 3.69. The molecule has 4 heteroatoms. The van der Waals surface area contributed by atoms with Gasteiger partial charge in [-0.05, 0) is 24.3 Å². The molecule has 0 unspecified atom stereocenters. The molecule has 1 N–H and O–H groups in total. The van der Waals surface area contributed by atoms with E-state index in [1.54, 1.807) is 30.3 Å². The number of Topliss-reactive ketones (excluding diaryl/α,β-unsaturated/α-hetero) is 1. The van der Waals surface area contributed by atoms with Crippen LogP contribution >= 0.6 is 27.7 Å². The number of halogens is 1. The number of carbonyl (C=O) groups excluding carboxylic acids is 1. The fourth-order valence-electron chi connectivity index (χ4n) is 1.47. The van der Waals surface area contributed by atoms with Crippen LogP contribution in [0.4, 0.5) is 0 Å². The normalized spacial score (nSPS) is 10.3. The zero-order chi connectivity index (χ0) is 13.0. The number of carbonyl (C=O) groups is 1. The predicted octanol–water partition coefficient (Wildman–Crippen LogP) is 4.13. The highest BCUT2D eigenvalue weighted by molar-refractivity contribution is 9.10. The molecule has 0 radical (unpaired) electrons. The molecule has 0 atom stereocenters. The average molecular weight is 323 g/mol. The number of rotatable bonds is 4. The minimum atomic E-state index is 0.0459. The van der Waals surface area contributed by atoms with Crippen molar-refractivity contribution in [2.45, 2.75) is 4.90 Å². The molecule has 0 aliphatic heterocycles. The highest BCUT2D eigenvalue weighted by Crippen LogP contribution is 2.28. The van der Waals surface area contributed by atoms with Crippen molar-refractivity contribution in [2.24, 2.45) is 0 Å². The second kappa shape index (κ2) is 6.07. The maximum Gasteiger partial charge on any atom is 0.173 e. The minimum Gasteiger partial charge on any atom is -0.507 e. The molecule has 0 amide bonds. The molecule has 0 spiro atoms. The van der Waals surface area contributed by atoms with Crippen LogP contribution in [0.2, 0.25) is 0 Å². The molecule has 2 aromatic carbocycles. The topological polar surface area (TPSA) is 37.3 Å². The predicted molar refractivity (Wildman–Crippen MR) is 77.3 cm³/mol. The largest absolute Gasteiger partial charge is 0.507 e. The van der Waals surface area contributed by atoms with E-state index in [4.69, 9.17) is 0 Å². The molecule has 0 saturated carbocycles. The van der Waals surface area contributed by atoms with Crippen LogP contribution in [-0.4, -0.2) is 16.6 Å². The lowest BCUT2D eigenvalue weighted by molar-refractivity contribution is 0.102. The summed E-state index contributed by atoms with van der Waals surface area (Å²) < 4.78 is 0.890. The third-order valence-electron chi connectivity index (χ3n) is 2.37. The molecule has 0 aliphatic carbocycles. The lowest BCUT2D eigenvalue weighted by Gasteiger charge is -2.04. The third kappa shape index (κ3) is 3.37. The number of thioether (sulfide) groups is 1. The van der Waals surface area contributed by atoms with E-state index < -0.39 is 0 Å². The second-order valence-corrected chi connectivity index (χ2v) is 5.62. The number of benzene rings is 2. The summed E-state index contributed by atoms with van der Waals surface area (Å²) in [5, 5.41) is 9.60. The Balaban J connectivity index is 2.03. The molecule has 2 aromatic rings. The van der Waals surface area contributed by atoms with Crippen molar-refractivity contribution < 1.29 is 9.90 Å². The van der Waals surface area contributed by atoms with Crippen LogP contribution in [0.1, 0.15) is 10.4 Å². The molecular weight excluding hydrogens is 312 g/mol. The van der Waals surface area contributed by atoms with E-state index in [1.807, 2.05) is 18.2 Å². The number of phenolic OH excluding ortho intramolecular Hbond substituents is 1. The van der Waals surface area contributed by atoms with Gasteiger partial charge in [0.25, 0.3) is 0 Å². The summed E-state index contributed by atoms with van der Waals surface area (Å²) in [4.78, 5) is 12.7. The zero-order valence-corrected chi connectivity index (χ0v) is 11.9. The van der Waals surface area contributed by atoms with Crippen LogP contribution in [0.5, 0.6) is 5.75 Å². The Labute approximate surface area is 118 Å². The summed E-state index contributed by atoms with van der Waals surface area (Å²) in [6.07, 6.45) is 0. The van der Waals surface area contributed by atoms with Gasteiger partial charge in [-0.15, -0.1) is 11.8 Å². The Kier molecular flexibility index (Phi) is 4.44. The van der Waals surface area contributed by atoms with Crippen LogP contribution in [-0.2, 0) is 0 Å².